The first-order chi connectivity index (χ1) is 7.66. The van der Waals surface area contributed by atoms with Gasteiger partial charge in [0.1, 0.15) is 0 Å². The van der Waals surface area contributed by atoms with Crippen LogP contribution in [0.4, 0.5) is 0 Å². The number of pyridine rings is 1. The van der Waals surface area contributed by atoms with Gasteiger partial charge in [0.25, 0.3) is 0 Å². The van der Waals surface area contributed by atoms with E-state index in [0.29, 0.717) is 11.4 Å². The molecular weight excluding hydrogens is 310 g/mol. The molecule has 2 aromatic rings. The second-order valence-corrected chi connectivity index (χ2v) is 6.04. The van der Waals surface area contributed by atoms with Crippen LogP contribution >= 0.6 is 38.9 Å². The third-order valence-corrected chi connectivity index (χ3v) is 4.06. The zero-order chi connectivity index (χ0) is 11.5. The van der Waals surface area contributed by atoms with E-state index in [4.69, 9.17) is 11.6 Å². The summed E-state index contributed by atoms with van der Waals surface area (Å²) in [5, 5.41) is 0.534. The average Bonchev–Trinajstić information content (AvgIpc) is 2.68. The summed E-state index contributed by atoms with van der Waals surface area (Å²) in [5.74, 6) is 0.0730. The highest BCUT2D eigenvalue weighted by molar-refractivity contribution is 9.11. The van der Waals surface area contributed by atoms with Gasteiger partial charge in [0, 0.05) is 18.8 Å². The quantitative estimate of drug-likeness (QED) is 0.802. The van der Waals surface area contributed by atoms with Crippen LogP contribution in [0.25, 0.3) is 0 Å². The normalized spacial score (nSPS) is 10.4. The van der Waals surface area contributed by atoms with Crippen LogP contribution in [0.2, 0.25) is 5.02 Å². The average molecular weight is 317 g/mol. The van der Waals surface area contributed by atoms with Gasteiger partial charge in [0.2, 0.25) is 0 Å². The Labute approximate surface area is 110 Å². The molecular formula is C11H7BrClNOS. The highest BCUT2D eigenvalue weighted by Crippen LogP contribution is 2.24. The van der Waals surface area contributed by atoms with Gasteiger partial charge in [0.05, 0.1) is 13.7 Å². The molecule has 0 N–H and O–H groups in total. The number of thiophene rings is 1. The Kier molecular flexibility index (Phi) is 3.74. The molecule has 5 heteroatoms. The number of carbonyl (C=O) groups is 1. The molecule has 0 aliphatic carbocycles. The summed E-state index contributed by atoms with van der Waals surface area (Å²) in [6.45, 7) is 0. The van der Waals surface area contributed by atoms with E-state index in [0.717, 1.165) is 14.2 Å². The number of ketones is 1. The lowest BCUT2D eigenvalue weighted by atomic mass is 10.1. The van der Waals surface area contributed by atoms with Crippen molar-refractivity contribution >= 4 is 44.7 Å². The van der Waals surface area contributed by atoms with Crippen LogP contribution in [0.5, 0.6) is 0 Å². The van der Waals surface area contributed by atoms with Crippen molar-refractivity contribution in [3.05, 3.63) is 49.8 Å². The molecule has 0 aromatic carbocycles. The summed E-state index contributed by atoms with van der Waals surface area (Å²) in [5.41, 5.74) is 0.811. The van der Waals surface area contributed by atoms with Gasteiger partial charge >= 0.3 is 0 Å². The molecule has 0 bridgehead atoms. The fourth-order valence-electron chi connectivity index (χ4n) is 1.27. The number of nitrogens with zero attached hydrogens (tertiary/aromatic N) is 1. The Morgan fingerprint density at radius 3 is 2.88 bits per heavy atom. The predicted octanol–water partition coefficient (Wildman–Crippen LogP) is 3.98. The zero-order valence-electron chi connectivity index (χ0n) is 8.11. The van der Waals surface area contributed by atoms with Crippen molar-refractivity contribution in [2.24, 2.45) is 0 Å². The topological polar surface area (TPSA) is 30.0 Å². The lowest BCUT2D eigenvalue weighted by molar-refractivity contribution is 0.0997. The van der Waals surface area contributed by atoms with Crippen LogP contribution in [0.3, 0.4) is 0 Å². The standard InChI is InChI=1S/C11H7BrClNOS/c12-11-2-1-10(16-11)9(15)5-7-3-4-14-6-8(7)13/h1-4,6H,5H2. The van der Waals surface area contributed by atoms with Gasteiger partial charge in [-0.15, -0.1) is 11.3 Å². The van der Waals surface area contributed by atoms with Gasteiger partial charge in [0.15, 0.2) is 5.78 Å². The van der Waals surface area contributed by atoms with E-state index in [2.05, 4.69) is 20.9 Å². The van der Waals surface area contributed by atoms with Gasteiger partial charge in [-0.1, -0.05) is 11.6 Å². The SMILES string of the molecule is O=C(Cc1ccncc1Cl)c1ccc(Br)s1. The Balaban J connectivity index is 2.17. The maximum absolute atomic E-state index is 11.9. The Hall–Kier alpha value is -0.710. The summed E-state index contributed by atoms with van der Waals surface area (Å²) in [6, 6.07) is 5.45. The molecule has 0 saturated carbocycles. The Morgan fingerprint density at radius 1 is 1.44 bits per heavy atom. The number of rotatable bonds is 3. The number of carbonyl (C=O) groups excluding carboxylic acids is 1. The first-order valence-corrected chi connectivity index (χ1v) is 6.52. The van der Waals surface area contributed by atoms with Crippen LogP contribution in [0.1, 0.15) is 15.2 Å². The summed E-state index contributed by atoms with van der Waals surface area (Å²) in [6.07, 6.45) is 3.50. The van der Waals surface area contributed by atoms with Gasteiger partial charge in [-0.2, -0.15) is 0 Å². The van der Waals surface area contributed by atoms with Crippen LogP contribution in [-0.4, -0.2) is 10.8 Å². The molecule has 0 aliphatic heterocycles. The molecule has 2 rings (SSSR count). The van der Waals surface area contributed by atoms with Crippen molar-refractivity contribution in [1.82, 2.24) is 4.98 Å². The Bertz CT molecular complexity index is 526. The van der Waals surface area contributed by atoms with Crippen LogP contribution in [-0.2, 0) is 6.42 Å². The van der Waals surface area contributed by atoms with Crippen molar-refractivity contribution in [3.8, 4) is 0 Å². The third kappa shape index (κ3) is 2.70. The van der Waals surface area contributed by atoms with Crippen LogP contribution in [0.15, 0.2) is 34.4 Å². The second-order valence-electron chi connectivity index (χ2n) is 3.17. The molecule has 0 amide bonds. The summed E-state index contributed by atoms with van der Waals surface area (Å²) >= 11 is 10.7. The van der Waals surface area contributed by atoms with Gasteiger partial charge in [-0.3, -0.25) is 9.78 Å². The number of hydrogen-bond donors (Lipinski definition) is 0. The van der Waals surface area contributed by atoms with Gasteiger partial charge < -0.3 is 0 Å². The van der Waals surface area contributed by atoms with E-state index in [1.807, 2.05) is 12.1 Å². The first-order valence-electron chi connectivity index (χ1n) is 4.54. The number of aromatic nitrogens is 1. The summed E-state index contributed by atoms with van der Waals surface area (Å²) < 4.78 is 0.955. The monoisotopic (exact) mass is 315 g/mol. The third-order valence-electron chi connectivity index (χ3n) is 2.06. The molecule has 0 saturated heterocycles. The molecule has 0 aliphatic rings. The maximum Gasteiger partial charge on any atom is 0.177 e. The molecule has 2 nitrogen and oxygen atoms in total. The lowest BCUT2D eigenvalue weighted by Crippen LogP contribution is -2.01. The predicted molar refractivity (Wildman–Crippen MR) is 69.3 cm³/mol. The molecule has 2 aromatic heterocycles. The van der Waals surface area contributed by atoms with Crippen molar-refractivity contribution in [2.45, 2.75) is 6.42 Å². The fourth-order valence-corrected chi connectivity index (χ4v) is 2.78. The highest BCUT2D eigenvalue weighted by atomic mass is 79.9. The van der Waals surface area contributed by atoms with Crippen LogP contribution in [0, 0.1) is 0 Å². The zero-order valence-corrected chi connectivity index (χ0v) is 11.3. The lowest BCUT2D eigenvalue weighted by Gasteiger charge is -2.00. The van der Waals surface area contributed by atoms with E-state index in [1.165, 1.54) is 11.3 Å². The van der Waals surface area contributed by atoms with Gasteiger partial charge in [-0.05, 0) is 39.7 Å². The van der Waals surface area contributed by atoms with E-state index in [9.17, 15) is 4.79 Å². The molecule has 0 fully saturated rings. The minimum Gasteiger partial charge on any atom is -0.293 e. The minimum absolute atomic E-state index is 0.0730. The van der Waals surface area contributed by atoms with Crippen molar-refractivity contribution in [2.75, 3.05) is 0 Å². The molecule has 2 heterocycles. The van der Waals surface area contributed by atoms with Crippen LogP contribution < -0.4 is 0 Å². The molecule has 82 valence electrons. The van der Waals surface area contributed by atoms with Crippen molar-refractivity contribution < 1.29 is 4.79 Å². The largest absolute Gasteiger partial charge is 0.293 e. The molecule has 0 spiro atoms. The summed E-state index contributed by atoms with van der Waals surface area (Å²) in [4.78, 5) is 16.5. The molecule has 0 atom stereocenters. The number of Topliss-reactive ketones (excluding diaryl/α,β-unsaturated/α-hetero) is 1. The molecule has 0 radical (unpaired) electrons. The van der Waals surface area contributed by atoms with Gasteiger partial charge in [-0.25, -0.2) is 0 Å². The maximum atomic E-state index is 11.9. The van der Waals surface area contributed by atoms with E-state index >= 15 is 0 Å². The second kappa shape index (κ2) is 5.08. The Morgan fingerprint density at radius 2 is 2.25 bits per heavy atom. The number of hydrogen-bond acceptors (Lipinski definition) is 3. The van der Waals surface area contributed by atoms with E-state index < -0.39 is 0 Å². The number of halogens is 2. The minimum atomic E-state index is 0.0730. The molecule has 0 unspecified atom stereocenters. The molecule has 16 heavy (non-hydrogen) atoms. The summed E-state index contributed by atoms with van der Waals surface area (Å²) in [7, 11) is 0. The highest BCUT2D eigenvalue weighted by Gasteiger charge is 2.11. The van der Waals surface area contributed by atoms with Crippen molar-refractivity contribution in [3.63, 3.8) is 0 Å². The smallest absolute Gasteiger partial charge is 0.177 e. The first kappa shape index (κ1) is 11.8. The van der Waals surface area contributed by atoms with Crippen molar-refractivity contribution in [1.29, 1.82) is 0 Å². The van der Waals surface area contributed by atoms with E-state index in [-0.39, 0.29) is 5.78 Å². The van der Waals surface area contributed by atoms with E-state index in [1.54, 1.807) is 18.5 Å². The fraction of sp³-hybridized carbons (Fsp3) is 0.0909.